The van der Waals surface area contributed by atoms with E-state index >= 15 is 0 Å². The summed E-state index contributed by atoms with van der Waals surface area (Å²) in [5, 5.41) is 2.77. The van der Waals surface area contributed by atoms with Gasteiger partial charge in [0.15, 0.2) is 0 Å². The normalized spacial score (nSPS) is 22.2. The summed E-state index contributed by atoms with van der Waals surface area (Å²) in [7, 11) is 0.506. The van der Waals surface area contributed by atoms with Crippen molar-refractivity contribution in [2.75, 3.05) is 27.4 Å². The fraction of sp³-hybridized carbons (Fsp3) is 0.444. The monoisotopic (exact) mass is 586 g/mol. The van der Waals surface area contributed by atoms with Gasteiger partial charge in [0.25, 0.3) is 0 Å². The molecule has 0 amide bonds. The van der Waals surface area contributed by atoms with Gasteiger partial charge < -0.3 is 14.2 Å². The third kappa shape index (κ3) is 6.74. The molecular weight excluding hydrogens is 537 g/mol. The molecule has 2 aromatic carbocycles. The van der Waals surface area contributed by atoms with Crippen molar-refractivity contribution in [3.8, 4) is 11.5 Å². The Balaban J connectivity index is 1.54. The molecule has 2 aliphatic rings. The van der Waals surface area contributed by atoms with E-state index in [1.807, 2.05) is 14.2 Å². The second-order valence-corrected chi connectivity index (χ2v) is 23.8. The quantitative estimate of drug-likeness (QED) is 0.188. The molecule has 0 saturated heterocycles. The van der Waals surface area contributed by atoms with E-state index in [0.29, 0.717) is 13.2 Å². The smallest absolute Gasteiger partial charge is 0.122 e. The Bertz CT molecular complexity index is 1220. The maximum atomic E-state index is 6.49. The lowest BCUT2D eigenvalue weighted by Gasteiger charge is -2.36. The number of para-hydroxylation sites is 2. The maximum Gasteiger partial charge on any atom is 0.122 e. The Labute approximate surface area is 251 Å². The van der Waals surface area contributed by atoms with Gasteiger partial charge in [-0.05, 0) is 36.1 Å². The number of allylic oxidation sites excluding steroid dienone is 8. The number of methoxy groups -OCH3 is 2. The van der Waals surface area contributed by atoms with Crippen LogP contribution in [-0.4, -0.2) is 43.6 Å². The molecule has 3 nitrogen and oxygen atoms in total. The van der Waals surface area contributed by atoms with Gasteiger partial charge in [-0.25, -0.2) is 0 Å². The predicted molar refractivity (Wildman–Crippen MR) is 181 cm³/mol. The third-order valence-corrected chi connectivity index (χ3v) is 12.8. The van der Waals surface area contributed by atoms with Crippen molar-refractivity contribution in [1.82, 2.24) is 0 Å². The first-order valence-corrected chi connectivity index (χ1v) is 22.1. The van der Waals surface area contributed by atoms with Crippen LogP contribution in [0, 0.1) is 0 Å². The number of hydrogen-bond acceptors (Lipinski definition) is 3. The first-order chi connectivity index (χ1) is 19.5. The van der Waals surface area contributed by atoms with E-state index in [-0.39, 0.29) is 10.8 Å². The minimum absolute atomic E-state index is 0.129. The van der Waals surface area contributed by atoms with Crippen LogP contribution in [0.15, 0.2) is 85.0 Å². The van der Waals surface area contributed by atoms with Gasteiger partial charge in [0.2, 0.25) is 0 Å². The van der Waals surface area contributed by atoms with Gasteiger partial charge in [-0.3, -0.25) is 0 Å². The summed E-state index contributed by atoms with van der Waals surface area (Å²) in [4.78, 5) is 0. The molecule has 2 aromatic rings. The molecule has 0 saturated carbocycles. The van der Waals surface area contributed by atoms with Crippen molar-refractivity contribution < 1.29 is 14.2 Å². The first-order valence-electron chi connectivity index (χ1n) is 15.1. The lowest BCUT2D eigenvalue weighted by Crippen LogP contribution is -2.40. The minimum atomic E-state index is -1.57. The zero-order valence-electron chi connectivity index (χ0n) is 26.6. The second-order valence-electron chi connectivity index (χ2n) is 13.7. The topological polar surface area (TPSA) is 27.7 Å². The SMILES string of the molecule is COc1c(C2(CCOCCC3(c4cccc([Si](C)(C)C)c4OC)C=CC=CC3)C=CC=CC2)cccc1[Si](C)(C)C. The fourth-order valence-corrected chi connectivity index (χ4v) is 9.49. The Morgan fingerprint density at radius 3 is 1.34 bits per heavy atom. The summed E-state index contributed by atoms with van der Waals surface area (Å²) in [5.74, 6) is 2.14. The molecule has 0 aromatic heterocycles. The summed E-state index contributed by atoms with van der Waals surface area (Å²) >= 11 is 0. The van der Waals surface area contributed by atoms with E-state index in [2.05, 4.69) is 124 Å². The number of rotatable bonds is 12. The van der Waals surface area contributed by atoms with E-state index in [0.717, 1.165) is 37.2 Å². The van der Waals surface area contributed by atoms with Crippen LogP contribution in [0.5, 0.6) is 11.5 Å². The van der Waals surface area contributed by atoms with Crippen LogP contribution in [0.4, 0.5) is 0 Å². The number of ether oxygens (including phenoxy) is 3. The molecule has 41 heavy (non-hydrogen) atoms. The molecule has 4 rings (SSSR count). The van der Waals surface area contributed by atoms with Gasteiger partial charge in [-0.15, -0.1) is 0 Å². The molecule has 2 unspecified atom stereocenters. The van der Waals surface area contributed by atoms with Crippen LogP contribution in [0.3, 0.4) is 0 Å². The highest BCUT2D eigenvalue weighted by Crippen LogP contribution is 2.43. The molecule has 0 spiro atoms. The molecule has 2 aliphatic carbocycles. The zero-order valence-corrected chi connectivity index (χ0v) is 28.6. The van der Waals surface area contributed by atoms with Crippen LogP contribution >= 0.6 is 0 Å². The van der Waals surface area contributed by atoms with E-state index in [1.165, 1.54) is 21.5 Å². The molecule has 0 fully saturated rings. The molecular formula is C36H50O3Si2. The van der Waals surface area contributed by atoms with Gasteiger partial charge in [-0.1, -0.05) is 124 Å². The Kier molecular flexibility index (Phi) is 9.72. The van der Waals surface area contributed by atoms with Gasteiger partial charge in [0.05, 0.1) is 30.4 Å². The van der Waals surface area contributed by atoms with Crippen LogP contribution in [0.25, 0.3) is 0 Å². The van der Waals surface area contributed by atoms with Crippen molar-refractivity contribution in [3.63, 3.8) is 0 Å². The summed E-state index contributed by atoms with van der Waals surface area (Å²) in [6, 6.07) is 13.5. The van der Waals surface area contributed by atoms with Crippen molar-refractivity contribution in [2.45, 2.75) is 75.8 Å². The van der Waals surface area contributed by atoms with Gasteiger partial charge in [-0.2, -0.15) is 0 Å². The Hall–Kier alpha value is -2.61. The van der Waals surface area contributed by atoms with E-state index in [9.17, 15) is 0 Å². The van der Waals surface area contributed by atoms with Crippen molar-refractivity contribution in [2.24, 2.45) is 0 Å². The lowest BCUT2D eigenvalue weighted by molar-refractivity contribution is 0.106. The molecule has 5 heteroatoms. The first kappa shape index (κ1) is 31.3. The van der Waals surface area contributed by atoms with Crippen LogP contribution in [0.2, 0.25) is 39.3 Å². The third-order valence-electron chi connectivity index (χ3n) is 8.80. The van der Waals surface area contributed by atoms with E-state index in [4.69, 9.17) is 14.2 Å². The van der Waals surface area contributed by atoms with Crippen molar-refractivity contribution in [1.29, 1.82) is 0 Å². The van der Waals surface area contributed by atoms with Crippen LogP contribution < -0.4 is 19.8 Å². The summed E-state index contributed by atoms with van der Waals surface area (Å²) in [6.07, 6.45) is 21.7. The van der Waals surface area contributed by atoms with Crippen molar-refractivity contribution in [3.05, 3.63) is 96.1 Å². The largest absolute Gasteiger partial charge is 0.497 e. The maximum absolute atomic E-state index is 6.49. The number of hydrogen-bond donors (Lipinski definition) is 0. The highest BCUT2D eigenvalue weighted by Gasteiger charge is 2.37. The molecule has 220 valence electrons. The highest BCUT2D eigenvalue weighted by atomic mass is 28.3. The average Bonchev–Trinajstić information content (AvgIpc) is 2.96. The Morgan fingerprint density at radius 1 is 0.610 bits per heavy atom. The van der Waals surface area contributed by atoms with E-state index in [1.54, 1.807) is 0 Å². The molecule has 2 atom stereocenters. The van der Waals surface area contributed by atoms with Gasteiger partial charge in [0, 0.05) is 35.2 Å². The highest BCUT2D eigenvalue weighted by molar-refractivity contribution is 6.89. The summed E-state index contributed by atoms with van der Waals surface area (Å²) in [6.45, 7) is 15.7. The van der Waals surface area contributed by atoms with Gasteiger partial charge in [0.1, 0.15) is 11.5 Å². The second kappa shape index (κ2) is 12.7. The summed E-state index contributed by atoms with van der Waals surface area (Å²) < 4.78 is 18.7. The summed E-state index contributed by atoms with van der Waals surface area (Å²) in [5.41, 5.74) is 2.31. The lowest BCUT2D eigenvalue weighted by atomic mass is 9.72. The molecule has 0 aliphatic heterocycles. The average molecular weight is 587 g/mol. The van der Waals surface area contributed by atoms with E-state index < -0.39 is 16.1 Å². The number of benzene rings is 2. The van der Waals surface area contributed by atoms with Crippen LogP contribution in [0.1, 0.15) is 36.8 Å². The van der Waals surface area contributed by atoms with Crippen molar-refractivity contribution >= 4 is 26.5 Å². The van der Waals surface area contributed by atoms with Crippen LogP contribution in [-0.2, 0) is 15.6 Å². The van der Waals surface area contributed by atoms with Gasteiger partial charge >= 0.3 is 0 Å². The minimum Gasteiger partial charge on any atom is -0.497 e. The molecule has 0 N–H and O–H groups in total. The fourth-order valence-electron chi connectivity index (χ4n) is 6.46. The predicted octanol–water partition coefficient (Wildman–Crippen LogP) is 7.80. The molecule has 0 heterocycles. The standard InChI is InChI=1S/C36H50O3Si2/c1-37-33-29(17-15-19-31(33)40(3,4)5)35(21-11-9-12-22-35)25-27-39-28-26-36(23-13-10-14-24-36)30-18-16-20-32(34(30)38-2)41(6,7)8/h9-21,23H,22,24-28H2,1-8H3. The zero-order chi connectivity index (χ0) is 29.7. The molecule has 0 radical (unpaired) electrons. The molecule has 0 bridgehead atoms. The Morgan fingerprint density at radius 2 is 1.02 bits per heavy atom.